The average molecular weight is 254 g/mol. The van der Waals surface area contributed by atoms with E-state index in [1.54, 1.807) is 11.3 Å². The van der Waals surface area contributed by atoms with Crippen LogP contribution in [0.3, 0.4) is 0 Å². The number of nitrogens with zero attached hydrogens (tertiary/aromatic N) is 2. The van der Waals surface area contributed by atoms with E-state index in [-0.39, 0.29) is 5.92 Å². The molecule has 2 rings (SSSR count). The van der Waals surface area contributed by atoms with E-state index in [1.165, 1.54) is 4.88 Å². The van der Waals surface area contributed by atoms with E-state index in [0.29, 0.717) is 0 Å². The SMILES string of the molecule is CCN(CC)c1nc2c(s1)CCCC2C(=O)O. The second-order valence-electron chi connectivity index (χ2n) is 4.26. The number of carboxylic acid groups (broad SMARTS) is 1. The highest BCUT2D eigenvalue weighted by molar-refractivity contribution is 7.15. The second kappa shape index (κ2) is 5.04. The fourth-order valence-corrected chi connectivity index (χ4v) is 3.57. The van der Waals surface area contributed by atoms with Gasteiger partial charge in [-0.3, -0.25) is 4.79 Å². The summed E-state index contributed by atoms with van der Waals surface area (Å²) in [6.07, 6.45) is 2.67. The lowest BCUT2D eigenvalue weighted by Gasteiger charge is -2.17. The third kappa shape index (κ3) is 2.29. The molecule has 0 saturated heterocycles. The molecule has 0 spiro atoms. The van der Waals surface area contributed by atoms with E-state index in [0.717, 1.165) is 43.2 Å². The predicted octanol–water partition coefficient (Wildman–Crippen LogP) is 2.49. The van der Waals surface area contributed by atoms with Gasteiger partial charge in [0.05, 0.1) is 5.69 Å². The highest BCUT2D eigenvalue weighted by Gasteiger charge is 2.30. The quantitative estimate of drug-likeness (QED) is 0.897. The summed E-state index contributed by atoms with van der Waals surface area (Å²) in [6, 6.07) is 0. The van der Waals surface area contributed by atoms with Crippen molar-refractivity contribution in [1.29, 1.82) is 0 Å². The molecule has 1 N–H and O–H groups in total. The molecule has 0 radical (unpaired) electrons. The van der Waals surface area contributed by atoms with Gasteiger partial charge in [0, 0.05) is 18.0 Å². The van der Waals surface area contributed by atoms with Crippen molar-refractivity contribution in [1.82, 2.24) is 4.98 Å². The first-order chi connectivity index (χ1) is 8.17. The molecule has 1 aliphatic carbocycles. The van der Waals surface area contributed by atoms with Crippen molar-refractivity contribution in [2.24, 2.45) is 0 Å². The minimum Gasteiger partial charge on any atom is -0.481 e. The summed E-state index contributed by atoms with van der Waals surface area (Å²) in [5.74, 6) is -1.12. The van der Waals surface area contributed by atoms with Gasteiger partial charge < -0.3 is 10.0 Å². The van der Waals surface area contributed by atoms with Crippen LogP contribution in [0.15, 0.2) is 0 Å². The van der Waals surface area contributed by atoms with Crippen LogP contribution in [0.5, 0.6) is 0 Å². The van der Waals surface area contributed by atoms with Gasteiger partial charge in [0.25, 0.3) is 0 Å². The van der Waals surface area contributed by atoms with Gasteiger partial charge in [-0.1, -0.05) is 0 Å². The highest BCUT2D eigenvalue weighted by Crippen LogP contribution is 2.37. The maximum Gasteiger partial charge on any atom is 0.312 e. The summed E-state index contributed by atoms with van der Waals surface area (Å²) >= 11 is 1.67. The number of carbonyl (C=O) groups is 1. The molecule has 1 atom stereocenters. The van der Waals surface area contributed by atoms with Gasteiger partial charge in [0.15, 0.2) is 5.13 Å². The van der Waals surface area contributed by atoms with Crippen molar-refractivity contribution in [3.63, 3.8) is 0 Å². The topological polar surface area (TPSA) is 53.4 Å². The fourth-order valence-electron chi connectivity index (χ4n) is 2.28. The number of aromatic nitrogens is 1. The van der Waals surface area contributed by atoms with Crippen LogP contribution in [0.2, 0.25) is 0 Å². The number of anilines is 1. The minimum atomic E-state index is -0.734. The minimum absolute atomic E-state index is 0.390. The van der Waals surface area contributed by atoms with E-state index in [4.69, 9.17) is 0 Å². The third-order valence-corrected chi connectivity index (χ3v) is 4.47. The Morgan fingerprint density at radius 2 is 2.24 bits per heavy atom. The predicted molar refractivity (Wildman–Crippen MR) is 69.0 cm³/mol. The monoisotopic (exact) mass is 254 g/mol. The first-order valence-corrected chi connectivity index (χ1v) is 6.96. The summed E-state index contributed by atoms with van der Waals surface area (Å²) < 4.78 is 0. The van der Waals surface area contributed by atoms with Gasteiger partial charge in [-0.05, 0) is 33.1 Å². The Hall–Kier alpha value is -1.10. The van der Waals surface area contributed by atoms with E-state index < -0.39 is 5.97 Å². The Bertz CT molecular complexity index is 413. The molecular formula is C12H18N2O2S. The normalized spacial score (nSPS) is 18.8. The van der Waals surface area contributed by atoms with Crippen LogP contribution in [0.25, 0.3) is 0 Å². The molecule has 1 aromatic rings. The van der Waals surface area contributed by atoms with E-state index >= 15 is 0 Å². The van der Waals surface area contributed by atoms with Gasteiger partial charge in [-0.25, -0.2) is 4.98 Å². The van der Waals surface area contributed by atoms with Gasteiger partial charge in [-0.2, -0.15) is 0 Å². The third-order valence-electron chi connectivity index (χ3n) is 3.28. The molecule has 1 aromatic heterocycles. The van der Waals surface area contributed by atoms with Crippen LogP contribution in [0, 0.1) is 0 Å². The molecule has 1 heterocycles. The van der Waals surface area contributed by atoms with Crippen molar-refractivity contribution < 1.29 is 9.90 Å². The number of thiazole rings is 1. The Labute approximate surface area is 105 Å². The number of carboxylic acids is 1. The lowest BCUT2D eigenvalue weighted by Crippen LogP contribution is -2.22. The lowest BCUT2D eigenvalue weighted by atomic mass is 9.91. The van der Waals surface area contributed by atoms with Gasteiger partial charge in [0.2, 0.25) is 0 Å². The molecule has 94 valence electrons. The van der Waals surface area contributed by atoms with E-state index in [9.17, 15) is 9.90 Å². The molecule has 0 aliphatic heterocycles. The molecule has 0 bridgehead atoms. The Balaban J connectivity index is 2.33. The van der Waals surface area contributed by atoms with Gasteiger partial charge in [0.1, 0.15) is 5.92 Å². The first-order valence-electron chi connectivity index (χ1n) is 6.14. The van der Waals surface area contributed by atoms with Crippen molar-refractivity contribution >= 4 is 22.4 Å². The maximum atomic E-state index is 11.2. The van der Waals surface area contributed by atoms with Crippen molar-refractivity contribution in [3.05, 3.63) is 10.6 Å². The molecule has 0 aromatic carbocycles. The Kier molecular flexibility index (Phi) is 3.66. The molecule has 0 amide bonds. The largest absolute Gasteiger partial charge is 0.481 e. The van der Waals surface area contributed by atoms with Crippen LogP contribution < -0.4 is 4.90 Å². The molecule has 1 aliphatic rings. The fraction of sp³-hybridized carbons (Fsp3) is 0.667. The highest BCUT2D eigenvalue weighted by atomic mass is 32.1. The molecule has 1 unspecified atom stereocenters. The zero-order valence-corrected chi connectivity index (χ0v) is 11.1. The standard InChI is InChI=1S/C12H18N2O2S/c1-3-14(4-2)12-13-10-8(11(15)16)6-5-7-9(10)17-12/h8H,3-7H2,1-2H3,(H,15,16). The van der Waals surface area contributed by atoms with E-state index in [2.05, 4.69) is 23.7 Å². The van der Waals surface area contributed by atoms with Crippen molar-refractivity contribution in [2.75, 3.05) is 18.0 Å². The number of hydrogen-bond donors (Lipinski definition) is 1. The second-order valence-corrected chi connectivity index (χ2v) is 5.32. The molecular weight excluding hydrogens is 236 g/mol. The molecule has 5 heteroatoms. The first kappa shape index (κ1) is 12.4. The Morgan fingerprint density at radius 3 is 2.82 bits per heavy atom. The maximum absolute atomic E-state index is 11.2. The summed E-state index contributed by atoms with van der Waals surface area (Å²) in [7, 11) is 0. The summed E-state index contributed by atoms with van der Waals surface area (Å²) in [6.45, 7) is 6.03. The van der Waals surface area contributed by atoms with Crippen molar-refractivity contribution in [3.8, 4) is 0 Å². The number of rotatable bonds is 4. The number of hydrogen-bond acceptors (Lipinski definition) is 4. The summed E-state index contributed by atoms with van der Waals surface area (Å²) in [4.78, 5) is 19.1. The van der Waals surface area contributed by atoms with Crippen molar-refractivity contribution in [2.45, 2.75) is 39.0 Å². The summed E-state index contributed by atoms with van der Waals surface area (Å²) in [5, 5.41) is 10.2. The smallest absolute Gasteiger partial charge is 0.312 e. The van der Waals surface area contributed by atoms with Crippen LogP contribution in [-0.4, -0.2) is 29.1 Å². The molecule has 0 saturated carbocycles. The number of fused-ring (bicyclic) bond motifs is 1. The number of aryl methyl sites for hydroxylation is 1. The van der Waals surface area contributed by atoms with E-state index in [1.807, 2.05) is 0 Å². The molecule has 0 fully saturated rings. The molecule has 17 heavy (non-hydrogen) atoms. The molecule has 4 nitrogen and oxygen atoms in total. The zero-order chi connectivity index (χ0) is 12.4. The Morgan fingerprint density at radius 1 is 1.53 bits per heavy atom. The van der Waals surface area contributed by atoms with Crippen LogP contribution >= 0.6 is 11.3 Å². The van der Waals surface area contributed by atoms with Crippen LogP contribution in [-0.2, 0) is 11.2 Å². The van der Waals surface area contributed by atoms with Crippen LogP contribution in [0.1, 0.15) is 43.2 Å². The van der Waals surface area contributed by atoms with Crippen LogP contribution in [0.4, 0.5) is 5.13 Å². The average Bonchev–Trinajstić information content (AvgIpc) is 2.73. The number of aliphatic carboxylic acids is 1. The van der Waals surface area contributed by atoms with Gasteiger partial charge in [-0.15, -0.1) is 11.3 Å². The summed E-state index contributed by atoms with van der Waals surface area (Å²) in [5.41, 5.74) is 0.815. The van der Waals surface area contributed by atoms with Gasteiger partial charge >= 0.3 is 5.97 Å². The zero-order valence-electron chi connectivity index (χ0n) is 10.3. The lowest BCUT2D eigenvalue weighted by molar-refractivity contribution is -0.139.